The van der Waals surface area contributed by atoms with Crippen LogP contribution in [0.2, 0.25) is 0 Å². The zero-order chi connectivity index (χ0) is 15.4. The van der Waals surface area contributed by atoms with Crippen molar-refractivity contribution in [1.82, 2.24) is 9.80 Å². The lowest BCUT2D eigenvalue weighted by molar-refractivity contribution is -0.128. The molecule has 0 aliphatic carbocycles. The lowest BCUT2D eigenvalue weighted by Gasteiger charge is -2.30. The van der Waals surface area contributed by atoms with E-state index in [1.54, 1.807) is 6.92 Å². The molecule has 0 saturated carbocycles. The first-order valence-electron chi connectivity index (χ1n) is 7.47. The van der Waals surface area contributed by atoms with E-state index in [-0.39, 0.29) is 11.9 Å². The third-order valence-corrected chi connectivity index (χ3v) is 4.12. The molecule has 2 rings (SSSR count). The van der Waals surface area contributed by atoms with E-state index in [4.69, 9.17) is 0 Å². The van der Waals surface area contributed by atoms with Gasteiger partial charge in [0, 0.05) is 50.8 Å². The highest BCUT2D eigenvalue weighted by molar-refractivity contribution is 5.73. The molecule has 21 heavy (non-hydrogen) atoms. The largest absolute Gasteiger partial charge is 0.342 e. The maximum absolute atomic E-state index is 14.0. The van der Waals surface area contributed by atoms with E-state index in [2.05, 4.69) is 4.90 Å². The van der Waals surface area contributed by atoms with E-state index in [0.29, 0.717) is 12.1 Å². The summed E-state index contributed by atoms with van der Waals surface area (Å²) < 4.78 is 27.1. The van der Waals surface area contributed by atoms with E-state index in [0.717, 1.165) is 38.5 Å². The molecule has 3 nitrogen and oxygen atoms in total. The van der Waals surface area contributed by atoms with Crippen molar-refractivity contribution in [3.63, 3.8) is 0 Å². The van der Waals surface area contributed by atoms with Gasteiger partial charge in [0.25, 0.3) is 0 Å². The predicted molar refractivity (Wildman–Crippen MR) is 77.8 cm³/mol. The Bertz CT molecular complexity index is 507. The van der Waals surface area contributed by atoms with Crippen molar-refractivity contribution in [3.8, 4) is 0 Å². The van der Waals surface area contributed by atoms with E-state index in [1.165, 1.54) is 12.1 Å². The molecule has 1 aromatic carbocycles. The van der Waals surface area contributed by atoms with Gasteiger partial charge in [0.15, 0.2) is 0 Å². The molecule has 116 valence electrons. The number of nitrogens with zero attached hydrogens (tertiary/aromatic N) is 2. The van der Waals surface area contributed by atoms with E-state index in [1.807, 2.05) is 11.8 Å². The average molecular weight is 296 g/mol. The molecule has 1 saturated heterocycles. The summed E-state index contributed by atoms with van der Waals surface area (Å²) in [6.07, 6.45) is 1.63. The topological polar surface area (TPSA) is 23.6 Å². The third-order valence-electron chi connectivity index (χ3n) is 4.12. The van der Waals surface area contributed by atoms with Crippen LogP contribution in [0.15, 0.2) is 18.2 Å². The van der Waals surface area contributed by atoms with Crippen molar-refractivity contribution in [2.45, 2.75) is 32.7 Å². The Hall–Kier alpha value is -1.49. The van der Waals surface area contributed by atoms with Crippen LogP contribution in [-0.4, -0.2) is 41.9 Å². The maximum atomic E-state index is 14.0. The van der Waals surface area contributed by atoms with Gasteiger partial charge in [-0.3, -0.25) is 9.69 Å². The lowest BCUT2D eigenvalue weighted by atomic mass is 10.0. The van der Waals surface area contributed by atoms with Crippen LogP contribution >= 0.6 is 0 Å². The zero-order valence-electron chi connectivity index (χ0n) is 12.6. The van der Waals surface area contributed by atoms with Crippen molar-refractivity contribution >= 4 is 5.91 Å². The Morgan fingerprint density at radius 3 is 2.62 bits per heavy atom. The molecule has 1 amide bonds. The molecule has 0 bridgehead atoms. The maximum Gasteiger partial charge on any atom is 0.219 e. The minimum Gasteiger partial charge on any atom is -0.342 e. The highest BCUT2D eigenvalue weighted by Crippen LogP contribution is 2.28. The Morgan fingerprint density at radius 2 is 2.00 bits per heavy atom. The molecule has 1 heterocycles. The molecule has 0 unspecified atom stereocenters. The molecular formula is C16H22F2N2O. The summed E-state index contributed by atoms with van der Waals surface area (Å²) in [5.41, 5.74) is 0.537. The molecule has 1 aliphatic rings. The van der Waals surface area contributed by atoms with Gasteiger partial charge in [0.05, 0.1) is 0 Å². The van der Waals surface area contributed by atoms with Crippen molar-refractivity contribution in [1.29, 1.82) is 0 Å². The fourth-order valence-corrected chi connectivity index (χ4v) is 3.01. The van der Waals surface area contributed by atoms with Gasteiger partial charge in [-0.1, -0.05) is 13.0 Å². The van der Waals surface area contributed by atoms with E-state index in [9.17, 15) is 13.6 Å². The number of carbonyl (C=O) groups is 1. The molecule has 0 spiro atoms. The molecule has 0 aromatic heterocycles. The summed E-state index contributed by atoms with van der Waals surface area (Å²) in [5, 5.41) is 0. The molecular weight excluding hydrogens is 274 g/mol. The fraction of sp³-hybridized carbons (Fsp3) is 0.562. The number of hydrogen-bond acceptors (Lipinski definition) is 2. The van der Waals surface area contributed by atoms with Crippen LogP contribution in [0.1, 0.15) is 38.3 Å². The minimum absolute atomic E-state index is 0.0718. The summed E-state index contributed by atoms with van der Waals surface area (Å²) in [6, 6.07) is 3.71. The van der Waals surface area contributed by atoms with Gasteiger partial charge in [-0.25, -0.2) is 8.78 Å². The van der Waals surface area contributed by atoms with Crippen molar-refractivity contribution in [2.75, 3.05) is 26.2 Å². The average Bonchev–Trinajstić information content (AvgIpc) is 2.68. The summed E-state index contributed by atoms with van der Waals surface area (Å²) in [7, 11) is 0. The summed E-state index contributed by atoms with van der Waals surface area (Å²) in [6.45, 7) is 6.52. The Kier molecular flexibility index (Phi) is 5.28. The van der Waals surface area contributed by atoms with Crippen LogP contribution in [0.5, 0.6) is 0 Å². The third kappa shape index (κ3) is 3.79. The molecule has 1 aromatic rings. The van der Waals surface area contributed by atoms with Crippen LogP contribution in [0.4, 0.5) is 8.78 Å². The number of halogens is 2. The number of carbonyl (C=O) groups excluding carboxylic acids is 1. The van der Waals surface area contributed by atoms with Gasteiger partial charge in [0.1, 0.15) is 11.6 Å². The Labute approximate surface area is 124 Å². The smallest absolute Gasteiger partial charge is 0.219 e. The second-order valence-electron chi connectivity index (χ2n) is 5.49. The van der Waals surface area contributed by atoms with Crippen LogP contribution in [0, 0.1) is 11.6 Å². The van der Waals surface area contributed by atoms with Crippen LogP contribution in [0.3, 0.4) is 0 Å². The standard InChI is InChI=1S/C16H22F2N2O/c1-3-16(14-6-5-13(17)11-15(14)18)20-8-4-7-19(9-10-20)12(2)21/h5-6,11,16H,3-4,7-10H2,1-2H3/t16-/m1/s1. The monoisotopic (exact) mass is 296 g/mol. The zero-order valence-corrected chi connectivity index (χ0v) is 12.6. The summed E-state index contributed by atoms with van der Waals surface area (Å²) in [4.78, 5) is 15.5. The quantitative estimate of drug-likeness (QED) is 0.856. The van der Waals surface area contributed by atoms with E-state index >= 15 is 0 Å². The van der Waals surface area contributed by atoms with Crippen molar-refractivity contribution in [3.05, 3.63) is 35.4 Å². The first kappa shape index (κ1) is 15.9. The van der Waals surface area contributed by atoms with Gasteiger partial charge >= 0.3 is 0 Å². The molecule has 0 radical (unpaired) electrons. The molecule has 1 aliphatic heterocycles. The summed E-state index contributed by atoms with van der Waals surface area (Å²) >= 11 is 0. The van der Waals surface area contributed by atoms with Crippen molar-refractivity contribution < 1.29 is 13.6 Å². The first-order chi connectivity index (χ1) is 10.0. The highest BCUT2D eigenvalue weighted by atomic mass is 19.1. The Balaban J connectivity index is 2.15. The summed E-state index contributed by atoms with van der Waals surface area (Å²) in [5.74, 6) is -0.961. The predicted octanol–water partition coefficient (Wildman–Crippen LogP) is 2.97. The number of amides is 1. The second-order valence-corrected chi connectivity index (χ2v) is 5.49. The normalized spacial score (nSPS) is 18.4. The number of rotatable bonds is 3. The van der Waals surface area contributed by atoms with Gasteiger partial charge in [-0.2, -0.15) is 0 Å². The van der Waals surface area contributed by atoms with Gasteiger partial charge in [-0.15, -0.1) is 0 Å². The highest BCUT2D eigenvalue weighted by Gasteiger charge is 2.25. The van der Waals surface area contributed by atoms with Crippen molar-refractivity contribution in [2.24, 2.45) is 0 Å². The number of benzene rings is 1. The first-order valence-corrected chi connectivity index (χ1v) is 7.47. The molecule has 0 N–H and O–H groups in total. The molecule has 1 atom stereocenters. The van der Waals surface area contributed by atoms with Gasteiger partial charge < -0.3 is 4.90 Å². The van der Waals surface area contributed by atoms with Crippen LogP contribution < -0.4 is 0 Å². The number of hydrogen-bond donors (Lipinski definition) is 0. The lowest BCUT2D eigenvalue weighted by Crippen LogP contribution is -2.35. The minimum atomic E-state index is -0.551. The Morgan fingerprint density at radius 1 is 1.24 bits per heavy atom. The molecule has 5 heteroatoms. The van der Waals surface area contributed by atoms with Gasteiger partial charge in [0.2, 0.25) is 5.91 Å². The SMILES string of the molecule is CC[C@H](c1ccc(F)cc1F)N1CCCN(C(C)=O)CC1. The van der Waals surface area contributed by atoms with Crippen LogP contribution in [-0.2, 0) is 4.79 Å². The van der Waals surface area contributed by atoms with Crippen LogP contribution in [0.25, 0.3) is 0 Å². The van der Waals surface area contributed by atoms with E-state index < -0.39 is 11.6 Å². The second kappa shape index (κ2) is 6.98. The molecule has 1 fully saturated rings. The van der Waals surface area contributed by atoms with Gasteiger partial charge in [-0.05, 0) is 18.9 Å². The fourth-order valence-electron chi connectivity index (χ4n) is 3.01.